The molecule has 1 aliphatic rings. The monoisotopic (exact) mass is 585 g/mol. The van der Waals surface area contributed by atoms with Crippen LogP contribution in [0, 0.1) is 11.8 Å². The Kier molecular flexibility index (Phi) is 8.05. The zero-order valence-corrected chi connectivity index (χ0v) is 24.1. The molecule has 0 aliphatic heterocycles. The highest BCUT2D eigenvalue weighted by Crippen LogP contribution is 2.30. The van der Waals surface area contributed by atoms with Crippen LogP contribution in [-0.4, -0.2) is 31.5 Å². The number of benzene rings is 4. The average Bonchev–Trinajstić information content (AvgIpc) is 3.00. The maximum Gasteiger partial charge on any atom is 0.241 e. The number of sulfonamides is 1. The van der Waals surface area contributed by atoms with Gasteiger partial charge in [-0.2, -0.15) is 4.98 Å². The first-order valence-corrected chi connectivity index (χ1v) is 15.8. The maximum atomic E-state index is 13.1. The van der Waals surface area contributed by atoms with Crippen LogP contribution < -0.4 is 15.4 Å². The number of fused-ring (bicyclic) bond motifs is 2. The number of anilines is 3. The van der Waals surface area contributed by atoms with Gasteiger partial charge in [-0.3, -0.25) is 0 Å². The molecule has 4 aromatic carbocycles. The van der Waals surface area contributed by atoms with Crippen molar-refractivity contribution < 1.29 is 8.42 Å². The van der Waals surface area contributed by atoms with E-state index in [9.17, 15) is 8.42 Å². The summed E-state index contributed by atoms with van der Waals surface area (Å²) in [6, 6.07) is 28.5. The lowest BCUT2D eigenvalue weighted by molar-refractivity contribution is 0.284. The summed E-state index contributed by atoms with van der Waals surface area (Å²) in [4.78, 5) is 9.86. The van der Waals surface area contributed by atoms with Crippen LogP contribution in [0.25, 0.3) is 21.7 Å². The predicted molar refractivity (Wildman–Crippen MR) is 167 cm³/mol. The molecular weight excluding hydrogens is 554 g/mol. The molecule has 0 amide bonds. The van der Waals surface area contributed by atoms with E-state index >= 15 is 0 Å². The molecule has 0 bridgehead atoms. The third kappa shape index (κ3) is 6.45. The van der Waals surface area contributed by atoms with Gasteiger partial charge in [0.15, 0.2) is 0 Å². The molecule has 1 saturated carbocycles. The number of nitrogens with one attached hydrogen (secondary N) is 3. The summed E-state index contributed by atoms with van der Waals surface area (Å²) in [5.41, 5.74) is 1.77. The summed E-state index contributed by atoms with van der Waals surface area (Å²) in [5.74, 6) is 2.12. The van der Waals surface area contributed by atoms with Crippen molar-refractivity contribution in [3.05, 3.63) is 96.0 Å². The Morgan fingerprint density at radius 3 is 2.17 bits per heavy atom. The van der Waals surface area contributed by atoms with Gasteiger partial charge in [-0.1, -0.05) is 60.1 Å². The zero-order valence-electron chi connectivity index (χ0n) is 22.6. The van der Waals surface area contributed by atoms with Crippen LogP contribution in [-0.2, 0) is 10.0 Å². The van der Waals surface area contributed by atoms with Gasteiger partial charge in [-0.15, -0.1) is 0 Å². The first kappa shape index (κ1) is 27.4. The van der Waals surface area contributed by atoms with E-state index in [-0.39, 0.29) is 0 Å². The van der Waals surface area contributed by atoms with Gasteiger partial charge in [0.2, 0.25) is 16.0 Å². The highest BCUT2D eigenvalue weighted by atomic mass is 35.5. The second-order valence-corrected chi connectivity index (χ2v) is 12.8. The Morgan fingerprint density at radius 2 is 1.39 bits per heavy atom. The van der Waals surface area contributed by atoms with Gasteiger partial charge >= 0.3 is 0 Å². The third-order valence-corrected chi connectivity index (χ3v) is 9.56. The van der Waals surface area contributed by atoms with Gasteiger partial charge in [0.1, 0.15) is 5.82 Å². The Hall–Kier alpha value is -3.72. The van der Waals surface area contributed by atoms with Crippen LogP contribution in [0.5, 0.6) is 0 Å². The topological polar surface area (TPSA) is 96.0 Å². The minimum Gasteiger partial charge on any atom is -0.354 e. The Labute approximate surface area is 245 Å². The van der Waals surface area contributed by atoms with Gasteiger partial charge in [-0.25, -0.2) is 18.1 Å². The van der Waals surface area contributed by atoms with Gasteiger partial charge in [0.05, 0.1) is 10.4 Å². The fourth-order valence-electron chi connectivity index (χ4n) is 5.53. The van der Waals surface area contributed by atoms with Crippen LogP contribution in [0.4, 0.5) is 17.5 Å². The molecule has 7 nitrogen and oxygen atoms in total. The smallest absolute Gasteiger partial charge is 0.241 e. The molecule has 1 aliphatic carbocycles. The van der Waals surface area contributed by atoms with Crippen LogP contribution >= 0.6 is 11.6 Å². The highest BCUT2D eigenvalue weighted by molar-refractivity contribution is 7.89. The number of hydrogen-bond acceptors (Lipinski definition) is 6. The predicted octanol–water partition coefficient (Wildman–Crippen LogP) is 7.38. The van der Waals surface area contributed by atoms with Crippen molar-refractivity contribution in [3.63, 3.8) is 0 Å². The molecule has 0 atom stereocenters. The maximum absolute atomic E-state index is 13.1. The Morgan fingerprint density at radius 1 is 0.732 bits per heavy atom. The van der Waals surface area contributed by atoms with E-state index in [4.69, 9.17) is 21.6 Å². The fourth-order valence-corrected chi connectivity index (χ4v) is 7.00. The molecule has 5 aromatic rings. The van der Waals surface area contributed by atoms with Crippen LogP contribution in [0.15, 0.2) is 95.9 Å². The Bertz CT molecular complexity index is 1770. The average molecular weight is 586 g/mol. The number of aromatic nitrogens is 2. The van der Waals surface area contributed by atoms with E-state index in [2.05, 4.69) is 15.4 Å². The number of rotatable bonds is 9. The highest BCUT2D eigenvalue weighted by Gasteiger charge is 2.24. The van der Waals surface area contributed by atoms with E-state index in [0.717, 1.165) is 65.4 Å². The fraction of sp³-hybridized carbons (Fsp3) is 0.250. The van der Waals surface area contributed by atoms with E-state index in [1.807, 2.05) is 78.9 Å². The zero-order chi connectivity index (χ0) is 28.2. The molecule has 1 aromatic heterocycles. The van der Waals surface area contributed by atoms with Gasteiger partial charge in [0.25, 0.3) is 0 Å². The summed E-state index contributed by atoms with van der Waals surface area (Å²) >= 11 is 6.05. The van der Waals surface area contributed by atoms with Crippen molar-refractivity contribution in [2.45, 2.75) is 30.6 Å². The number of para-hydroxylation sites is 1. The minimum atomic E-state index is -3.58. The molecule has 0 saturated heterocycles. The van der Waals surface area contributed by atoms with Crippen molar-refractivity contribution in [1.82, 2.24) is 14.7 Å². The molecule has 210 valence electrons. The first-order chi connectivity index (χ1) is 19.9. The van der Waals surface area contributed by atoms with E-state index in [0.29, 0.717) is 34.2 Å². The van der Waals surface area contributed by atoms with E-state index < -0.39 is 10.0 Å². The van der Waals surface area contributed by atoms with Crippen LogP contribution in [0.2, 0.25) is 5.02 Å². The second kappa shape index (κ2) is 12.0. The second-order valence-electron chi connectivity index (χ2n) is 10.6. The molecular formula is C32H32ClN5O2S. The van der Waals surface area contributed by atoms with Crippen molar-refractivity contribution in [1.29, 1.82) is 0 Å². The lowest BCUT2D eigenvalue weighted by atomic mass is 9.82. The summed E-state index contributed by atoms with van der Waals surface area (Å²) < 4.78 is 29.1. The molecule has 41 heavy (non-hydrogen) atoms. The largest absolute Gasteiger partial charge is 0.354 e. The molecule has 0 unspecified atom stereocenters. The van der Waals surface area contributed by atoms with Gasteiger partial charge in [-0.05, 0) is 85.4 Å². The molecule has 1 heterocycles. The number of hydrogen-bond donors (Lipinski definition) is 3. The molecule has 1 fully saturated rings. The molecule has 6 rings (SSSR count). The van der Waals surface area contributed by atoms with Crippen molar-refractivity contribution in [3.8, 4) is 0 Å². The lowest BCUT2D eigenvalue weighted by Gasteiger charge is -2.28. The molecule has 3 N–H and O–H groups in total. The van der Waals surface area contributed by atoms with Gasteiger partial charge < -0.3 is 10.6 Å². The molecule has 0 radical (unpaired) electrons. The summed E-state index contributed by atoms with van der Waals surface area (Å²) in [6.45, 7) is 1.23. The lowest BCUT2D eigenvalue weighted by Crippen LogP contribution is -2.32. The van der Waals surface area contributed by atoms with Crippen LogP contribution in [0.1, 0.15) is 25.7 Å². The van der Waals surface area contributed by atoms with Gasteiger partial charge in [0, 0.05) is 34.6 Å². The van der Waals surface area contributed by atoms with Crippen molar-refractivity contribution >= 4 is 60.8 Å². The minimum absolute atomic E-state index is 0.322. The van der Waals surface area contributed by atoms with E-state index in [1.54, 1.807) is 12.1 Å². The summed E-state index contributed by atoms with van der Waals surface area (Å²) in [7, 11) is -3.58. The summed E-state index contributed by atoms with van der Waals surface area (Å²) in [5, 5.41) is 10.2. The Balaban J connectivity index is 1.05. The number of nitrogens with zero attached hydrogens (tertiary/aromatic N) is 2. The van der Waals surface area contributed by atoms with E-state index in [1.165, 1.54) is 0 Å². The third-order valence-electron chi connectivity index (χ3n) is 7.83. The van der Waals surface area contributed by atoms with Crippen molar-refractivity contribution in [2.75, 3.05) is 23.7 Å². The van der Waals surface area contributed by atoms with Crippen molar-refractivity contribution in [2.24, 2.45) is 11.8 Å². The SMILES string of the molecule is O=S(=O)(NC[C@H]1CC[C@H](CNc2nc(Nc3ccc(Cl)cc3)c3ccccc3n2)CC1)c1cccc2ccccc12. The molecule has 9 heteroatoms. The first-order valence-electron chi connectivity index (χ1n) is 14.0. The normalized spacial score (nSPS) is 17.5. The molecule has 0 spiro atoms. The summed E-state index contributed by atoms with van der Waals surface area (Å²) in [6.07, 6.45) is 4.01. The standard InChI is InChI=1S/C32H32ClN5O2S/c33-25-16-18-26(19-17-25)36-31-28-9-3-4-10-29(28)37-32(38-31)34-20-22-12-14-23(15-13-22)21-35-41(39,40)30-11-5-7-24-6-1-2-8-27(24)30/h1-11,16-19,22-23,35H,12-15,20-21H2,(H2,34,36,37,38)/t22-,23-. The quantitative estimate of drug-likeness (QED) is 0.167. The van der Waals surface area contributed by atoms with Crippen LogP contribution in [0.3, 0.4) is 0 Å². The number of halogens is 1.